The van der Waals surface area contributed by atoms with Crippen LogP contribution in [0.5, 0.6) is 0 Å². The summed E-state index contributed by atoms with van der Waals surface area (Å²) in [4.78, 5) is 16.9. The quantitative estimate of drug-likeness (QED) is 0.607. The number of hydrogen-bond acceptors (Lipinski definition) is 4. The third kappa shape index (κ3) is 4.72. The Hall–Kier alpha value is -1.59. The monoisotopic (exact) mass is 290 g/mol. The molecule has 0 aromatic heterocycles. The maximum Gasteiger partial charge on any atom is 0.253 e. The fraction of sp³-hybridized carbons (Fsp3) is 0.562. The van der Waals surface area contributed by atoms with Gasteiger partial charge in [0.25, 0.3) is 5.91 Å². The summed E-state index contributed by atoms with van der Waals surface area (Å²) < 4.78 is 0. The molecule has 1 amide bonds. The van der Waals surface area contributed by atoms with Crippen molar-refractivity contribution in [3.63, 3.8) is 0 Å². The van der Waals surface area contributed by atoms with Gasteiger partial charge in [-0.3, -0.25) is 4.79 Å². The summed E-state index contributed by atoms with van der Waals surface area (Å²) in [7, 11) is 0. The number of hydrogen-bond donors (Lipinski definition) is 2. The van der Waals surface area contributed by atoms with Gasteiger partial charge in [0.05, 0.1) is 5.56 Å². The van der Waals surface area contributed by atoms with Crippen LogP contribution in [-0.2, 0) is 0 Å². The van der Waals surface area contributed by atoms with Crippen LogP contribution in [0.3, 0.4) is 0 Å². The van der Waals surface area contributed by atoms with Gasteiger partial charge in [-0.05, 0) is 31.6 Å². The van der Waals surface area contributed by atoms with Crippen LogP contribution in [-0.4, -0.2) is 61.5 Å². The highest BCUT2D eigenvalue weighted by Gasteiger charge is 2.14. The van der Waals surface area contributed by atoms with Crippen LogP contribution >= 0.6 is 0 Å². The average Bonchev–Trinajstić information content (AvgIpc) is 2.52. The number of piperazine rings is 1. The van der Waals surface area contributed by atoms with Crippen LogP contribution in [0.1, 0.15) is 23.7 Å². The van der Waals surface area contributed by atoms with E-state index in [4.69, 9.17) is 5.73 Å². The van der Waals surface area contributed by atoms with Crippen molar-refractivity contribution in [2.24, 2.45) is 0 Å². The van der Waals surface area contributed by atoms with E-state index in [0.29, 0.717) is 17.8 Å². The molecule has 116 valence electrons. The summed E-state index contributed by atoms with van der Waals surface area (Å²) in [5.74, 6) is -0.0797. The van der Waals surface area contributed by atoms with E-state index >= 15 is 0 Å². The first kappa shape index (κ1) is 15.8. The van der Waals surface area contributed by atoms with Crippen molar-refractivity contribution in [3.8, 4) is 0 Å². The smallest absolute Gasteiger partial charge is 0.253 e. The fourth-order valence-corrected chi connectivity index (χ4v) is 2.63. The van der Waals surface area contributed by atoms with E-state index in [1.54, 1.807) is 12.1 Å². The van der Waals surface area contributed by atoms with E-state index < -0.39 is 0 Å². The second-order valence-electron chi connectivity index (χ2n) is 5.47. The summed E-state index contributed by atoms with van der Waals surface area (Å²) in [6.07, 6.45) is 0.977. The van der Waals surface area contributed by atoms with Gasteiger partial charge < -0.3 is 20.9 Å². The number of benzene rings is 1. The molecule has 0 radical (unpaired) electrons. The molecule has 0 atom stereocenters. The summed E-state index contributed by atoms with van der Waals surface area (Å²) in [6, 6.07) is 7.18. The Bertz CT molecular complexity index is 455. The molecule has 1 saturated heterocycles. The van der Waals surface area contributed by atoms with Crippen LogP contribution < -0.4 is 11.1 Å². The van der Waals surface area contributed by atoms with Gasteiger partial charge in [0.2, 0.25) is 0 Å². The minimum Gasteiger partial charge on any atom is -0.398 e. The van der Waals surface area contributed by atoms with Crippen molar-refractivity contribution in [2.45, 2.75) is 13.3 Å². The number of nitrogens with two attached hydrogens (primary N) is 1. The average molecular weight is 290 g/mol. The first-order valence-corrected chi connectivity index (χ1v) is 7.78. The SMILES string of the molecule is CCN1CCN(CCCNC(=O)c2ccccc2N)CC1. The lowest BCUT2D eigenvalue weighted by atomic mass is 10.1. The molecule has 1 aliphatic rings. The largest absolute Gasteiger partial charge is 0.398 e. The number of carbonyl (C=O) groups is 1. The number of nitrogens with zero attached hydrogens (tertiary/aromatic N) is 2. The van der Waals surface area contributed by atoms with Gasteiger partial charge in [0.15, 0.2) is 0 Å². The zero-order chi connectivity index (χ0) is 15.1. The highest BCUT2D eigenvalue weighted by molar-refractivity contribution is 5.98. The molecule has 5 heteroatoms. The Morgan fingerprint density at radius 1 is 1.19 bits per heavy atom. The molecule has 0 bridgehead atoms. The van der Waals surface area contributed by atoms with E-state index in [-0.39, 0.29) is 5.91 Å². The van der Waals surface area contributed by atoms with Crippen molar-refractivity contribution in [1.29, 1.82) is 0 Å². The van der Waals surface area contributed by atoms with Crippen molar-refractivity contribution in [3.05, 3.63) is 29.8 Å². The fourth-order valence-electron chi connectivity index (χ4n) is 2.63. The topological polar surface area (TPSA) is 61.6 Å². The molecule has 21 heavy (non-hydrogen) atoms. The zero-order valence-corrected chi connectivity index (χ0v) is 12.8. The van der Waals surface area contributed by atoms with Crippen molar-refractivity contribution in [2.75, 3.05) is 51.5 Å². The van der Waals surface area contributed by atoms with Crippen LogP contribution in [0.2, 0.25) is 0 Å². The van der Waals surface area contributed by atoms with Crippen LogP contribution in [0.25, 0.3) is 0 Å². The minimum atomic E-state index is -0.0797. The maximum atomic E-state index is 12.0. The third-order valence-corrected chi connectivity index (χ3v) is 4.05. The van der Waals surface area contributed by atoms with Crippen molar-refractivity contribution in [1.82, 2.24) is 15.1 Å². The second kappa shape index (κ2) is 8.00. The Kier molecular flexibility index (Phi) is 6.02. The predicted octanol–water partition coefficient (Wildman–Crippen LogP) is 1.03. The Morgan fingerprint density at radius 2 is 1.86 bits per heavy atom. The molecule has 1 aromatic carbocycles. The summed E-state index contributed by atoms with van der Waals surface area (Å²) in [5.41, 5.74) is 6.89. The van der Waals surface area contributed by atoms with E-state index in [9.17, 15) is 4.79 Å². The summed E-state index contributed by atoms with van der Waals surface area (Å²) in [5, 5.41) is 2.94. The standard InChI is InChI=1S/C16H26N4O/c1-2-19-10-12-20(13-11-19)9-5-8-18-16(21)14-6-3-4-7-15(14)17/h3-4,6-7H,2,5,8-13,17H2,1H3,(H,18,21). The first-order chi connectivity index (χ1) is 10.2. The highest BCUT2D eigenvalue weighted by Crippen LogP contribution is 2.09. The number of likely N-dealkylation sites (N-methyl/N-ethyl adjacent to an activating group) is 1. The molecule has 0 unspecified atom stereocenters. The summed E-state index contributed by atoms with van der Waals surface area (Å²) >= 11 is 0. The number of carbonyl (C=O) groups excluding carboxylic acids is 1. The van der Waals surface area contributed by atoms with Gasteiger partial charge in [-0.2, -0.15) is 0 Å². The first-order valence-electron chi connectivity index (χ1n) is 7.78. The van der Waals surface area contributed by atoms with Gasteiger partial charge in [0.1, 0.15) is 0 Å². The Balaban J connectivity index is 1.64. The Labute approximate surface area is 127 Å². The zero-order valence-electron chi connectivity index (χ0n) is 12.8. The molecule has 5 nitrogen and oxygen atoms in total. The number of nitrogens with one attached hydrogen (secondary N) is 1. The maximum absolute atomic E-state index is 12.0. The van der Waals surface area contributed by atoms with E-state index in [1.807, 2.05) is 12.1 Å². The molecule has 0 aliphatic carbocycles. The molecule has 0 spiro atoms. The van der Waals surface area contributed by atoms with Crippen LogP contribution in [0, 0.1) is 0 Å². The van der Waals surface area contributed by atoms with Gasteiger partial charge in [0, 0.05) is 38.4 Å². The minimum absolute atomic E-state index is 0.0797. The van der Waals surface area contributed by atoms with Crippen LogP contribution in [0.4, 0.5) is 5.69 Å². The van der Waals surface area contributed by atoms with E-state index in [1.165, 1.54) is 0 Å². The lowest BCUT2D eigenvalue weighted by Crippen LogP contribution is -2.46. The van der Waals surface area contributed by atoms with E-state index in [0.717, 1.165) is 45.7 Å². The number of rotatable bonds is 6. The molecule has 1 fully saturated rings. The van der Waals surface area contributed by atoms with Crippen molar-refractivity contribution < 1.29 is 4.79 Å². The molecule has 0 saturated carbocycles. The molecule has 2 rings (SSSR count). The molecule has 3 N–H and O–H groups in total. The van der Waals surface area contributed by atoms with E-state index in [2.05, 4.69) is 22.0 Å². The second-order valence-corrected chi connectivity index (χ2v) is 5.47. The molecular formula is C16H26N4O. The lowest BCUT2D eigenvalue weighted by molar-refractivity contribution is 0.0949. The molecular weight excluding hydrogens is 264 g/mol. The number of nitrogen functional groups attached to an aromatic ring is 1. The lowest BCUT2D eigenvalue weighted by Gasteiger charge is -2.33. The van der Waals surface area contributed by atoms with Gasteiger partial charge in [-0.15, -0.1) is 0 Å². The summed E-state index contributed by atoms with van der Waals surface area (Å²) in [6.45, 7) is 9.67. The number of anilines is 1. The number of amides is 1. The third-order valence-electron chi connectivity index (χ3n) is 4.05. The number of para-hydroxylation sites is 1. The highest BCUT2D eigenvalue weighted by atomic mass is 16.1. The van der Waals surface area contributed by atoms with Crippen molar-refractivity contribution >= 4 is 11.6 Å². The molecule has 1 aliphatic heterocycles. The molecule has 1 heterocycles. The van der Waals surface area contributed by atoms with Gasteiger partial charge in [-0.1, -0.05) is 19.1 Å². The normalized spacial score (nSPS) is 16.8. The predicted molar refractivity (Wildman–Crippen MR) is 86.4 cm³/mol. The Morgan fingerprint density at radius 3 is 2.52 bits per heavy atom. The van der Waals surface area contributed by atoms with Crippen LogP contribution in [0.15, 0.2) is 24.3 Å². The molecule has 1 aromatic rings. The van der Waals surface area contributed by atoms with Gasteiger partial charge in [-0.25, -0.2) is 0 Å². The van der Waals surface area contributed by atoms with Gasteiger partial charge >= 0.3 is 0 Å².